The normalized spacial score (nSPS) is 38.4. The van der Waals surface area contributed by atoms with Crippen LogP contribution >= 0.6 is 0 Å². The van der Waals surface area contributed by atoms with Crippen molar-refractivity contribution in [3.63, 3.8) is 0 Å². The van der Waals surface area contributed by atoms with E-state index in [1.165, 1.54) is 13.0 Å². The van der Waals surface area contributed by atoms with Gasteiger partial charge >= 0.3 is 5.97 Å². The molecule has 0 aromatic carbocycles. The standard InChI is InChI=1S/C12H15FO2/c1-3-11-4-6-12(7-5-11,8-10(11)13)15-9(2)14/h3,8H,1,4-7H2,2H3. The fourth-order valence-corrected chi connectivity index (χ4v) is 2.60. The van der Waals surface area contributed by atoms with E-state index in [2.05, 4.69) is 6.58 Å². The first-order valence-electron chi connectivity index (χ1n) is 5.24. The Morgan fingerprint density at radius 3 is 2.53 bits per heavy atom. The molecule has 0 aliphatic heterocycles. The van der Waals surface area contributed by atoms with Crippen LogP contribution in [0.1, 0.15) is 32.6 Å². The maximum atomic E-state index is 13.8. The van der Waals surface area contributed by atoms with Crippen molar-refractivity contribution < 1.29 is 13.9 Å². The molecule has 0 aromatic rings. The molecule has 3 rings (SSSR count). The molecule has 0 spiro atoms. The van der Waals surface area contributed by atoms with Gasteiger partial charge in [0.25, 0.3) is 0 Å². The quantitative estimate of drug-likeness (QED) is 0.517. The Morgan fingerprint density at radius 1 is 1.53 bits per heavy atom. The number of esters is 1. The molecule has 0 radical (unpaired) electrons. The van der Waals surface area contributed by atoms with E-state index < -0.39 is 11.0 Å². The number of ether oxygens (including phenoxy) is 1. The highest BCUT2D eigenvalue weighted by Gasteiger charge is 2.50. The first-order valence-corrected chi connectivity index (χ1v) is 5.24. The largest absolute Gasteiger partial charge is 0.455 e. The van der Waals surface area contributed by atoms with Crippen LogP contribution in [0.5, 0.6) is 0 Å². The lowest BCUT2D eigenvalue weighted by molar-refractivity contribution is -0.158. The van der Waals surface area contributed by atoms with Gasteiger partial charge in [-0.3, -0.25) is 4.79 Å². The summed E-state index contributed by atoms with van der Waals surface area (Å²) in [6, 6.07) is 0. The van der Waals surface area contributed by atoms with E-state index in [0.29, 0.717) is 25.7 Å². The zero-order valence-corrected chi connectivity index (χ0v) is 8.88. The second-order valence-electron chi connectivity index (χ2n) is 4.51. The molecule has 3 aliphatic rings. The molecule has 0 atom stereocenters. The van der Waals surface area contributed by atoms with E-state index >= 15 is 0 Å². The Bertz CT molecular complexity index is 336. The number of fused-ring (bicyclic) bond motifs is 2. The zero-order valence-electron chi connectivity index (χ0n) is 8.88. The van der Waals surface area contributed by atoms with Gasteiger partial charge in [0.05, 0.1) is 0 Å². The monoisotopic (exact) mass is 210 g/mol. The second-order valence-corrected chi connectivity index (χ2v) is 4.51. The van der Waals surface area contributed by atoms with Crippen LogP contribution in [0.2, 0.25) is 0 Å². The highest BCUT2D eigenvalue weighted by atomic mass is 19.1. The molecule has 2 bridgehead atoms. The molecule has 0 N–H and O–H groups in total. The fourth-order valence-electron chi connectivity index (χ4n) is 2.60. The molecule has 1 fully saturated rings. The molecule has 82 valence electrons. The average Bonchev–Trinajstić information content (AvgIpc) is 2.18. The predicted molar refractivity (Wildman–Crippen MR) is 54.8 cm³/mol. The number of allylic oxidation sites excluding steroid dienone is 2. The van der Waals surface area contributed by atoms with Gasteiger partial charge in [-0.1, -0.05) is 6.08 Å². The summed E-state index contributed by atoms with van der Waals surface area (Å²) in [7, 11) is 0. The zero-order chi connectivity index (χ0) is 11.1. The van der Waals surface area contributed by atoms with E-state index in [0.717, 1.165) is 0 Å². The van der Waals surface area contributed by atoms with Crippen molar-refractivity contribution in [3.05, 3.63) is 24.6 Å². The topological polar surface area (TPSA) is 26.3 Å². The minimum atomic E-state index is -0.680. The van der Waals surface area contributed by atoms with Gasteiger partial charge < -0.3 is 4.74 Å². The third-order valence-electron chi connectivity index (χ3n) is 3.59. The predicted octanol–water partition coefficient (Wildman–Crippen LogP) is 2.90. The summed E-state index contributed by atoms with van der Waals surface area (Å²) in [5, 5.41) is 0. The van der Waals surface area contributed by atoms with E-state index in [9.17, 15) is 9.18 Å². The molecule has 0 unspecified atom stereocenters. The SMILES string of the molecule is C=CC12CCC(OC(C)=O)(C=C1F)CC2. The van der Waals surface area contributed by atoms with E-state index in [1.807, 2.05) is 0 Å². The number of rotatable bonds is 2. The van der Waals surface area contributed by atoms with Crippen molar-refractivity contribution in [2.24, 2.45) is 5.41 Å². The molecule has 2 nitrogen and oxygen atoms in total. The molecule has 0 aromatic heterocycles. The van der Waals surface area contributed by atoms with Crippen LogP contribution in [-0.4, -0.2) is 11.6 Å². The molecule has 0 heterocycles. The minimum absolute atomic E-state index is 0.184. The van der Waals surface area contributed by atoms with Crippen LogP contribution in [0.4, 0.5) is 4.39 Å². The number of carbonyl (C=O) groups is 1. The molecule has 0 amide bonds. The Labute approximate surface area is 88.8 Å². The minimum Gasteiger partial charge on any atom is -0.455 e. The Morgan fingerprint density at radius 2 is 2.13 bits per heavy atom. The van der Waals surface area contributed by atoms with Crippen molar-refractivity contribution >= 4 is 5.97 Å². The molecular formula is C12H15FO2. The lowest BCUT2D eigenvalue weighted by Crippen LogP contribution is -2.45. The van der Waals surface area contributed by atoms with Crippen molar-refractivity contribution in [1.82, 2.24) is 0 Å². The summed E-state index contributed by atoms with van der Waals surface area (Å²) >= 11 is 0. The smallest absolute Gasteiger partial charge is 0.303 e. The number of hydrogen-bond donors (Lipinski definition) is 0. The van der Waals surface area contributed by atoms with Gasteiger partial charge in [-0.15, -0.1) is 6.58 Å². The summed E-state index contributed by atoms with van der Waals surface area (Å²) in [6.45, 7) is 5.06. The van der Waals surface area contributed by atoms with Crippen LogP contribution in [0.3, 0.4) is 0 Å². The van der Waals surface area contributed by atoms with Crippen molar-refractivity contribution in [1.29, 1.82) is 0 Å². The van der Waals surface area contributed by atoms with Crippen LogP contribution in [0.15, 0.2) is 24.6 Å². The maximum absolute atomic E-state index is 13.8. The Hall–Kier alpha value is -1.12. The van der Waals surface area contributed by atoms with Gasteiger partial charge in [-0.25, -0.2) is 4.39 Å². The molecule has 1 saturated carbocycles. The van der Waals surface area contributed by atoms with E-state index in [4.69, 9.17) is 4.74 Å². The van der Waals surface area contributed by atoms with Crippen molar-refractivity contribution in [2.45, 2.75) is 38.2 Å². The number of carbonyl (C=O) groups excluding carboxylic acids is 1. The maximum Gasteiger partial charge on any atom is 0.303 e. The lowest BCUT2D eigenvalue weighted by Gasteiger charge is -2.47. The molecular weight excluding hydrogens is 195 g/mol. The molecule has 0 saturated heterocycles. The first-order chi connectivity index (χ1) is 7.02. The summed E-state index contributed by atoms with van der Waals surface area (Å²) in [5.74, 6) is -0.525. The summed E-state index contributed by atoms with van der Waals surface area (Å²) < 4.78 is 19.1. The summed E-state index contributed by atoms with van der Waals surface area (Å²) in [6.07, 6.45) is 5.94. The third-order valence-corrected chi connectivity index (χ3v) is 3.59. The van der Waals surface area contributed by atoms with Gasteiger partial charge in [-0.2, -0.15) is 0 Å². The van der Waals surface area contributed by atoms with Crippen molar-refractivity contribution in [3.8, 4) is 0 Å². The van der Waals surface area contributed by atoms with Gasteiger partial charge in [-0.05, 0) is 31.8 Å². The van der Waals surface area contributed by atoms with Crippen molar-refractivity contribution in [2.75, 3.05) is 0 Å². The van der Waals surface area contributed by atoms with Crippen LogP contribution in [0.25, 0.3) is 0 Å². The second kappa shape index (κ2) is 3.19. The Kier molecular flexibility index (Phi) is 2.21. The molecule has 3 heteroatoms. The lowest BCUT2D eigenvalue weighted by atomic mass is 9.62. The average molecular weight is 210 g/mol. The van der Waals surface area contributed by atoms with E-state index in [-0.39, 0.29) is 11.8 Å². The Balaban J connectivity index is 2.32. The van der Waals surface area contributed by atoms with E-state index in [1.54, 1.807) is 6.08 Å². The van der Waals surface area contributed by atoms with Gasteiger partial charge in [0.2, 0.25) is 0 Å². The number of hydrogen-bond acceptors (Lipinski definition) is 2. The van der Waals surface area contributed by atoms with Crippen LogP contribution < -0.4 is 0 Å². The third kappa shape index (κ3) is 1.50. The fraction of sp³-hybridized carbons (Fsp3) is 0.583. The van der Waals surface area contributed by atoms with Gasteiger partial charge in [0.1, 0.15) is 11.4 Å². The highest BCUT2D eigenvalue weighted by Crippen LogP contribution is 2.54. The molecule has 3 aliphatic carbocycles. The summed E-state index contributed by atoms with van der Waals surface area (Å²) in [4.78, 5) is 11.0. The highest BCUT2D eigenvalue weighted by molar-refractivity contribution is 5.67. The van der Waals surface area contributed by atoms with Crippen LogP contribution in [-0.2, 0) is 9.53 Å². The van der Waals surface area contributed by atoms with Crippen LogP contribution in [0, 0.1) is 5.41 Å². The number of halogens is 1. The summed E-state index contributed by atoms with van der Waals surface area (Å²) in [5.41, 5.74) is -1.16. The molecule has 15 heavy (non-hydrogen) atoms. The van der Waals surface area contributed by atoms with Gasteiger partial charge in [0.15, 0.2) is 0 Å². The first kappa shape index (κ1) is 10.4. The van der Waals surface area contributed by atoms with Gasteiger partial charge in [0, 0.05) is 12.3 Å².